The Morgan fingerprint density at radius 2 is 2.00 bits per heavy atom. The number of alkyl halides is 3. The first kappa shape index (κ1) is 14.1. The minimum Gasteiger partial charge on any atom is -0.356 e. The van der Waals surface area contributed by atoms with Crippen molar-refractivity contribution in [2.45, 2.75) is 25.4 Å². The minimum absolute atomic E-state index is 0.141. The van der Waals surface area contributed by atoms with Gasteiger partial charge in [0.2, 0.25) is 0 Å². The number of hydrogen-bond acceptors (Lipinski definition) is 3. The lowest BCUT2D eigenvalue weighted by atomic mass is 9.96. The molecule has 106 valence electrons. The Labute approximate surface area is 110 Å². The van der Waals surface area contributed by atoms with E-state index in [0.29, 0.717) is 26.1 Å². The molecule has 0 unspecified atom stereocenters. The van der Waals surface area contributed by atoms with Gasteiger partial charge in [0.1, 0.15) is 5.82 Å². The van der Waals surface area contributed by atoms with Gasteiger partial charge in [-0.1, -0.05) is 6.07 Å². The molecule has 1 aliphatic heterocycles. The molecule has 1 aliphatic rings. The van der Waals surface area contributed by atoms with E-state index in [2.05, 4.69) is 4.98 Å². The van der Waals surface area contributed by atoms with Crippen molar-refractivity contribution in [2.75, 3.05) is 24.5 Å². The van der Waals surface area contributed by atoms with Crippen LogP contribution in [0.4, 0.5) is 19.0 Å². The number of nitrogens with zero attached hydrogens (tertiary/aromatic N) is 2. The molecular formula is C13H18F3N3. The monoisotopic (exact) mass is 273 g/mol. The van der Waals surface area contributed by atoms with Gasteiger partial charge in [-0.3, -0.25) is 0 Å². The Hall–Kier alpha value is -1.30. The fourth-order valence-corrected chi connectivity index (χ4v) is 2.48. The molecule has 2 heterocycles. The van der Waals surface area contributed by atoms with Crippen molar-refractivity contribution in [1.82, 2.24) is 4.98 Å². The second-order valence-corrected chi connectivity index (χ2v) is 4.83. The van der Waals surface area contributed by atoms with E-state index in [4.69, 9.17) is 5.73 Å². The molecule has 0 aliphatic carbocycles. The summed E-state index contributed by atoms with van der Waals surface area (Å²) in [5, 5.41) is 0. The molecule has 1 aromatic heterocycles. The maximum Gasteiger partial charge on any atom is 0.391 e. The van der Waals surface area contributed by atoms with Crippen LogP contribution in [0.5, 0.6) is 0 Å². The molecule has 3 nitrogen and oxygen atoms in total. The Bertz CT molecular complexity index is 412. The summed E-state index contributed by atoms with van der Waals surface area (Å²) in [5.41, 5.74) is 6.55. The lowest BCUT2D eigenvalue weighted by Gasteiger charge is -2.34. The van der Waals surface area contributed by atoms with Gasteiger partial charge in [0.25, 0.3) is 0 Å². The first-order chi connectivity index (χ1) is 9.02. The van der Waals surface area contributed by atoms with Gasteiger partial charge in [-0.15, -0.1) is 0 Å². The van der Waals surface area contributed by atoms with Gasteiger partial charge in [0.05, 0.1) is 5.92 Å². The third-order valence-electron chi connectivity index (χ3n) is 3.54. The highest BCUT2D eigenvalue weighted by Gasteiger charge is 2.41. The molecule has 0 saturated carbocycles. The van der Waals surface area contributed by atoms with Crippen LogP contribution in [0.3, 0.4) is 0 Å². The number of rotatable bonds is 3. The van der Waals surface area contributed by atoms with Crippen LogP contribution in [0.2, 0.25) is 0 Å². The highest BCUT2D eigenvalue weighted by Crippen LogP contribution is 2.35. The predicted molar refractivity (Wildman–Crippen MR) is 68.0 cm³/mol. The molecule has 0 aromatic carbocycles. The van der Waals surface area contributed by atoms with E-state index in [9.17, 15) is 13.2 Å². The van der Waals surface area contributed by atoms with E-state index in [1.165, 1.54) is 0 Å². The number of anilines is 1. The topological polar surface area (TPSA) is 42.1 Å². The van der Waals surface area contributed by atoms with Crippen molar-refractivity contribution in [1.29, 1.82) is 0 Å². The van der Waals surface area contributed by atoms with Gasteiger partial charge < -0.3 is 10.6 Å². The van der Waals surface area contributed by atoms with Gasteiger partial charge in [-0.2, -0.15) is 13.2 Å². The van der Waals surface area contributed by atoms with Crippen molar-refractivity contribution in [3.8, 4) is 0 Å². The Balaban J connectivity index is 2.05. The van der Waals surface area contributed by atoms with Crippen LogP contribution in [-0.4, -0.2) is 30.8 Å². The van der Waals surface area contributed by atoms with Crippen LogP contribution < -0.4 is 10.6 Å². The zero-order valence-electron chi connectivity index (χ0n) is 10.7. The van der Waals surface area contributed by atoms with Crippen LogP contribution in [0.1, 0.15) is 18.4 Å². The third kappa shape index (κ3) is 3.37. The maximum absolute atomic E-state index is 12.6. The Morgan fingerprint density at radius 1 is 1.32 bits per heavy atom. The number of hydrogen-bond donors (Lipinski definition) is 1. The highest BCUT2D eigenvalue weighted by molar-refractivity contribution is 5.47. The van der Waals surface area contributed by atoms with E-state index in [0.717, 1.165) is 11.4 Å². The van der Waals surface area contributed by atoms with Crippen molar-refractivity contribution in [3.63, 3.8) is 0 Å². The first-order valence-electron chi connectivity index (χ1n) is 6.48. The summed E-state index contributed by atoms with van der Waals surface area (Å²) in [5.74, 6) is -0.390. The van der Waals surface area contributed by atoms with Crippen molar-refractivity contribution in [2.24, 2.45) is 11.7 Å². The zero-order valence-corrected chi connectivity index (χ0v) is 10.7. The van der Waals surface area contributed by atoms with E-state index in [-0.39, 0.29) is 12.8 Å². The molecule has 0 atom stereocenters. The number of aromatic nitrogens is 1. The Kier molecular flexibility index (Phi) is 4.29. The van der Waals surface area contributed by atoms with Gasteiger partial charge in [0, 0.05) is 19.3 Å². The minimum atomic E-state index is -4.07. The van der Waals surface area contributed by atoms with Gasteiger partial charge in [-0.05, 0) is 37.4 Å². The standard InChI is InChI=1S/C13H18F3N3/c14-13(15,16)11-4-8-19(9-5-11)12-10(3-6-17)2-1-7-18-12/h1-2,7,11H,3-6,8-9,17H2. The predicted octanol–water partition coefficient (Wildman–Crippen LogP) is 2.36. The van der Waals surface area contributed by atoms with E-state index >= 15 is 0 Å². The average molecular weight is 273 g/mol. The molecule has 0 spiro atoms. The van der Waals surface area contributed by atoms with Gasteiger partial charge in [0.15, 0.2) is 0 Å². The van der Waals surface area contributed by atoms with Gasteiger partial charge >= 0.3 is 6.18 Å². The number of piperidine rings is 1. The second-order valence-electron chi connectivity index (χ2n) is 4.83. The summed E-state index contributed by atoms with van der Waals surface area (Å²) >= 11 is 0. The lowest BCUT2D eigenvalue weighted by Crippen LogP contribution is -2.39. The molecular weight excluding hydrogens is 255 g/mol. The number of halogens is 3. The molecule has 1 saturated heterocycles. The summed E-state index contributed by atoms with van der Waals surface area (Å²) in [6, 6.07) is 3.77. The second kappa shape index (κ2) is 5.77. The first-order valence-corrected chi connectivity index (χ1v) is 6.48. The van der Waals surface area contributed by atoms with Crippen molar-refractivity contribution in [3.05, 3.63) is 23.9 Å². The summed E-state index contributed by atoms with van der Waals surface area (Å²) in [6.07, 6.45) is -1.42. The molecule has 1 fully saturated rings. The van der Waals surface area contributed by atoms with Crippen LogP contribution in [0.15, 0.2) is 18.3 Å². The van der Waals surface area contributed by atoms with E-state index in [1.54, 1.807) is 6.20 Å². The number of pyridine rings is 1. The summed E-state index contributed by atoms with van der Waals surface area (Å²) in [7, 11) is 0. The van der Waals surface area contributed by atoms with Crippen LogP contribution in [0, 0.1) is 5.92 Å². The highest BCUT2D eigenvalue weighted by atomic mass is 19.4. The fourth-order valence-electron chi connectivity index (χ4n) is 2.48. The molecule has 2 rings (SSSR count). The van der Waals surface area contributed by atoms with E-state index in [1.807, 2.05) is 17.0 Å². The SMILES string of the molecule is NCCc1cccnc1N1CCC(C(F)(F)F)CC1. The Morgan fingerprint density at radius 3 is 2.58 bits per heavy atom. The van der Waals surface area contributed by atoms with E-state index < -0.39 is 12.1 Å². The zero-order chi connectivity index (χ0) is 13.9. The van der Waals surface area contributed by atoms with Crippen molar-refractivity contribution < 1.29 is 13.2 Å². The summed E-state index contributed by atoms with van der Waals surface area (Å²) in [4.78, 5) is 6.24. The van der Waals surface area contributed by atoms with Crippen LogP contribution in [0.25, 0.3) is 0 Å². The molecule has 0 bridgehead atoms. The summed E-state index contributed by atoms with van der Waals surface area (Å²) < 4.78 is 37.9. The molecule has 2 N–H and O–H groups in total. The third-order valence-corrected chi connectivity index (χ3v) is 3.54. The normalized spacial score (nSPS) is 17.8. The largest absolute Gasteiger partial charge is 0.391 e. The fraction of sp³-hybridized carbons (Fsp3) is 0.615. The molecule has 0 radical (unpaired) electrons. The smallest absolute Gasteiger partial charge is 0.356 e. The maximum atomic E-state index is 12.6. The average Bonchev–Trinajstić information content (AvgIpc) is 2.39. The molecule has 0 amide bonds. The molecule has 1 aromatic rings. The van der Waals surface area contributed by atoms with Gasteiger partial charge in [-0.25, -0.2) is 4.98 Å². The summed E-state index contributed by atoms with van der Waals surface area (Å²) in [6.45, 7) is 1.31. The van der Waals surface area contributed by atoms with Crippen LogP contribution >= 0.6 is 0 Å². The molecule has 6 heteroatoms. The quantitative estimate of drug-likeness (QED) is 0.919. The van der Waals surface area contributed by atoms with Crippen LogP contribution in [-0.2, 0) is 6.42 Å². The molecule has 19 heavy (non-hydrogen) atoms. The lowest BCUT2D eigenvalue weighted by molar-refractivity contribution is -0.179. The van der Waals surface area contributed by atoms with Crippen molar-refractivity contribution >= 4 is 5.82 Å². The number of nitrogens with two attached hydrogens (primary N) is 1.